The molecule has 0 radical (unpaired) electrons. The van der Waals surface area contributed by atoms with Gasteiger partial charge in [0.25, 0.3) is 0 Å². The molecule has 7 rings (SSSR count). The van der Waals surface area contributed by atoms with Crippen molar-refractivity contribution in [2.45, 2.75) is 135 Å². The van der Waals surface area contributed by atoms with Crippen molar-refractivity contribution in [1.82, 2.24) is 0 Å². The smallest absolute Gasteiger partial charge is 0.302 e. The van der Waals surface area contributed by atoms with Gasteiger partial charge in [0.15, 0.2) is 12.1 Å². The number of fused-ring (bicyclic) bond motifs is 5. The molecule has 14 atom stereocenters. The molecule has 37 heavy (non-hydrogen) atoms. The molecule has 0 amide bonds. The van der Waals surface area contributed by atoms with Gasteiger partial charge in [-0.25, -0.2) is 0 Å². The van der Waals surface area contributed by atoms with E-state index in [1.807, 2.05) is 0 Å². The first-order valence-corrected chi connectivity index (χ1v) is 14.9. The van der Waals surface area contributed by atoms with Gasteiger partial charge in [-0.2, -0.15) is 0 Å². The fraction of sp³-hybridized carbons (Fsp3) is 0.967. The van der Waals surface area contributed by atoms with Gasteiger partial charge in [-0.3, -0.25) is 4.79 Å². The molecule has 4 saturated carbocycles. The summed E-state index contributed by atoms with van der Waals surface area (Å²) in [6.07, 6.45) is 5.65. The van der Waals surface area contributed by atoms with Crippen LogP contribution in [0.4, 0.5) is 0 Å². The van der Waals surface area contributed by atoms with Crippen LogP contribution >= 0.6 is 0 Å². The summed E-state index contributed by atoms with van der Waals surface area (Å²) in [4.78, 5) is 11.6. The largest absolute Gasteiger partial charge is 0.463 e. The van der Waals surface area contributed by atoms with Gasteiger partial charge >= 0.3 is 5.97 Å². The van der Waals surface area contributed by atoms with Gasteiger partial charge in [-0.05, 0) is 101 Å². The summed E-state index contributed by atoms with van der Waals surface area (Å²) in [5.41, 5.74) is -1.53. The number of hydrogen-bond acceptors (Lipinski definition) is 7. The number of aliphatic hydroxyl groups is 2. The first kappa shape index (κ1) is 25.3. The Morgan fingerprint density at radius 2 is 1.76 bits per heavy atom. The first-order valence-electron chi connectivity index (χ1n) is 14.9. The normalized spacial score (nSPS) is 61.1. The predicted octanol–water partition coefficient (Wildman–Crippen LogP) is 4.18. The SMILES string of the molecule is CC(=O)OC1CCC2(C)C(CCC3C2C(O)CC24C(O)OC5(C)C2C(CC34)OC52CC(C)C(C)(C)O2)C1. The summed E-state index contributed by atoms with van der Waals surface area (Å²) < 4.78 is 25.8. The maximum atomic E-state index is 12.0. The minimum atomic E-state index is -0.915. The Hall–Kier alpha value is -0.730. The molecule has 3 heterocycles. The van der Waals surface area contributed by atoms with E-state index >= 15 is 0 Å². The number of rotatable bonds is 1. The number of ether oxygens (including phenoxy) is 4. The molecule has 7 aliphatic rings. The Balaban J connectivity index is 1.21. The monoisotopic (exact) mass is 518 g/mol. The van der Waals surface area contributed by atoms with E-state index in [0.717, 1.165) is 44.9 Å². The third kappa shape index (κ3) is 2.94. The highest BCUT2D eigenvalue weighted by Crippen LogP contribution is 2.77. The molecule has 7 nitrogen and oxygen atoms in total. The van der Waals surface area contributed by atoms with Crippen LogP contribution in [0.25, 0.3) is 0 Å². The van der Waals surface area contributed by atoms with Crippen LogP contribution in [-0.2, 0) is 23.7 Å². The third-order valence-corrected chi connectivity index (χ3v) is 13.2. The summed E-state index contributed by atoms with van der Waals surface area (Å²) in [6.45, 7) is 12.5. The number of carbonyl (C=O) groups excluding carboxylic acids is 1. The zero-order valence-corrected chi connectivity index (χ0v) is 23.4. The Kier molecular flexibility index (Phi) is 5.13. The highest BCUT2D eigenvalue weighted by molar-refractivity contribution is 5.66. The highest BCUT2D eigenvalue weighted by Gasteiger charge is 2.84. The van der Waals surface area contributed by atoms with Gasteiger partial charge in [0.2, 0.25) is 0 Å². The maximum Gasteiger partial charge on any atom is 0.302 e. The van der Waals surface area contributed by atoms with E-state index in [9.17, 15) is 15.0 Å². The van der Waals surface area contributed by atoms with Gasteiger partial charge in [-0.15, -0.1) is 0 Å². The van der Waals surface area contributed by atoms with Crippen molar-refractivity contribution in [2.75, 3.05) is 0 Å². The van der Waals surface area contributed by atoms with Crippen molar-refractivity contribution in [1.29, 1.82) is 0 Å². The van der Waals surface area contributed by atoms with E-state index in [0.29, 0.717) is 24.2 Å². The van der Waals surface area contributed by atoms with Gasteiger partial charge in [0.05, 0.1) is 17.8 Å². The molecule has 3 aliphatic heterocycles. The predicted molar refractivity (Wildman–Crippen MR) is 134 cm³/mol. The molecular weight excluding hydrogens is 472 g/mol. The van der Waals surface area contributed by atoms with Gasteiger partial charge in [-0.1, -0.05) is 13.8 Å². The molecule has 0 aromatic rings. The van der Waals surface area contributed by atoms with Gasteiger partial charge < -0.3 is 29.2 Å². The summed E-state index contributed by atoms with van der Waals surface area (Å²) in [6, 6.07) is 0. The summed E-state index contributed by atoms with van der Waals surface area (Å²) >= 11 is 0. The zero-order valence-electron chi connectivity index (χ0n) is 23.4. The first-order chi connectivity index (χ1) is 17.3. The van der Waals surface area contributed by atoms with E-state index in [1.54, 1.807) is 0 Å². The Morgan fingerprint density at radius 1 is 1.00 bits per heavy atom. The van der Waals surface area contributed by atoms with Crippen LogP contribution in [0.3, 0.4) is 0 Å². The minimum Gasteiger partial charge on any atom is -0.463 e. The molecule has 0 bridgehead atoms. The van der Waals surface area contributed by atoms with Crippen LogP contribution in [0.15, 0.2) is 0 Å². The average molecular weight is 519 g/mol. The van der Waals surface area contributed by atoms with E-state index in [4.69, 9.17) is 18.9 Å². The van der Waals surface area contributed by atoms with E-state index in [2.05, 4.69) is 34.6 Å². The molecule has 4 aliphatic carbocycles. The number of esters is 1. The Labute approximate surface area is 220 Å². The standard InChI is InChI=1S/C30H46O7/c1-15-13-30(37-26(15,3)4)28(6)24-22(35-30)12-20-19-8-7-17-11-18(34-16(2)31)9-10-27(17,5)23(19)21(32)14-29(20,24)25(33)36-28/h15,17-25,32-33H,7-14H2,1-6H3. The molecule has 2 spiro atoms. The Bertz CT molecular complexity index is 998. The topological polar surface area (TPSA) is 94.5 Å². The molecular formula is C30H46O7. The lowest BCUT2D eigenvalue weighted by Gasteiger charge is -2.62. The zero-order chi connectivity index (χ0) is 26.3. The van der Waals surface area contributed by atoms with Crippen LogP contribution < -0.4 is 0 Å². The molecule has 208 valence electrons. The van der Waals surface area contributed by atoms with Crippen molar-refractivity contribution in [3.63, 3.8) is 0 Å². The molecule has 7 heteroatoms. The molecule has 3 saturated heterocycles. The van der Waals surface area contributed by atoms with Crippen molar-refractivity contribution < 1.29 is 34.0 Å². The fourth-order valence-corrected chi connectivity index (χ4v) is 11.5. The van der Waals surface area contributed by atoms with Crippen molar-refractivity contribution in [3.8, 4) is 0 Å². The van der Waals surface area contributed by atoms with Crippen molar-refractivity contribution in [2.24, 2.45) is 46.3 Å². The molecule has 14 unspecified atom stereocenters. The minimum absolute atomic E-state index is 0.00144. The van der Waals surface area contributed by atoms with Crippen LogP contribution in [0.2, 0.25) is 0 Å². The fourth-order valence-electron chi connectivity index (χ4n) is 11.5. The van der Waals surface area contributed by atoms with E-state index < -0.39 is 29.2 Å². The summed E-state index contributed by atoms with van der Waals surface area (Å²) in [5.74, 6) is 0.523. The lowest BCUT2D eigenvalue weighted by atomic mass is 9.43. The molecule has 2 N–H and O–H groups in total. The summed E-state index contributed by atoms with van der Waals surface area (Å²) in [5, 5.41) is 23.7. The highest BCUT2D eigenvalue weighted by atomic mass is 16.8. The van der Waals surface area contributed by atoms with E-state index in [-0.39, 0.29) is 46.9 Å². The number of aliphatic hydroxyl groups excluding tert-OH is 2. The second kappa shape index (κ2) is 7.51. The quantitative estimate of drug-likeness (QED) is 0.503. The third-order valence-electron chi connectivity index (χ3n) is 13.2. The second-order valence-corrected chi connectivity index (χ2v) is 15.0. The van der Waals surface area contributed by atoms with Crippen LogP contribution in [0.5, 0.6) is 0 Å². The van der Waals surface area contributed by atoms with Gasteiger partial charge in [0.1, 0.15) is 11.7 Å². The van der Waals surface area contributed by atoms with E-state index in [1.165, 1.54) is 6.92 Å². The van der Waals surface area contributed by atoms with Crippen LogP contribution in [-0.4, -0.2) is 57.8 Å². The Morgan fingerprint density at radius 3 is 2.43 bits per heavy atom. The molecule has 7 fully saturated rings. The van der Waals surface area contributed by atoms with Crippen LogP contribution in [0.1, 0.15) is 92.9 Å². The maximum absolute atomic E-state index is 12.0. The van der Waals surface area contributed by atoms with Crippen LogP contribution in [0, 0.1) is 46.3 Å². The van der Waals surface area contributed by atoms with Crippen molar-refractivity contribution in [3.05, 3.63) is 0 Å². The lowest BCUT2D eigenvalue weighted by molar-refractivity contribution is -0.315. The summed E-state index contributed by atoms with van der Waals surface area (Å²) in [7, 11) is 0. The van der Waals surface area contributed by atoms with Crippen molar-refractivity contribution >= 4 is 5.97 Å². The molecule has 0 aromatic heterocycles. The number of carbonyl (C=O) groups is 1. The lowest BCUT2D eigenvalue weighted by Crippen LogP contribution is -2.61. The second-order valence-electron chi connectivity index (χ2n) is 15.0. The van der Waals surface area contributed by atoms with Gasteiger partial charge in [0, 0.05) is 24.7 Å². The molecule has 0 aromatic carbocycles. The average Bonchev–Trinajstić information content (AvgIpc) is 3.39. The number of hydrogen-bond donors (Lipinski definition) is 2.